The summed E-state index contributed by atoms with van der Waals surface area (Å²) in [7, 11) is 0. The van der Waals surface area contributed by atoms with Gasteiger partial charge >= 0.3 is 5.97 Å². The SMILES string of the molecule is CCOc1ccc(C)cc1C(O)C(CC)NCC(=O)O. The van der Waals surface area contributed by atoms with Gasteiger partial charge in [-0.3, -0.25) is 4.79 Å². The lowest BCUT2D eigenvalue weighted by atomic mass is 9.97. The van der Waals surface area contributed by atoms with Gasteiger partial charge in [-0.2, -0.15) is 0 Å². The minimum atomic E-state index is -0.940. The molecule has 3 N–H and O–H groups in total. The number of carbonyl (C=O) groups is 1. The van der Waals surface area contributed by atoms with Crippen LogP contribution in [0.3, 0.4) is 0 Å². The number of benzene rings is 1. The molecule has 0 fully saturated rings. The molecule has 0 radical (unpaired) electrons. The third kappa shape index (κ3) is 4.51. The van der Waals surface area contributed by atoms with Gasteiger partial charge in [0.15, 0.2) is 0 Å². The summed E-state index contributed by atoms with van der Waals surface area (Å²) in [5, 5.41) is 22.1. The zero-order valence-electron chi connectivity index (χ0n) is 12.2. The lowest BCUT2D eigenvalue weighted by molar-refractivity contribution is -0.136. The minimum Gasteiger partial charge on any atom is -0.493 e. The van der Waals surface area contributed by atoms with E-state index in [4.69, 9.17) is 9.84 Å². The van der Waals surface area contributed by atoms with Gasteiger partial charge < -0.3 is 20.3 Å². The third-order valence-corrected chi connectivity index (χ3v) is 3.12. The maximum atomic E-state index is 10.6. The van der Waals surface area contributed by atoms with Crippen LogP contribution in [0.5, 0.6) is 5.75 Å². The molecule has 2 unspecified atom stereocenters. The van der Waals surface area contributed by atoms with Gasteiger partial charge in [0.1, 0.15) is 5.75 Å². The normalized spacial score (nSPS) is 13.8. The second-order valence-corrected chi connectivity index (χ2v) is 4.71. The smallest absolute Gasteiger partial charge is 0.317 e. The molecule has 0 aliphatic rings. The molecule has 1 rings (SSSR count). The Labute approximate surface area is 119 Å². The molecule has 0 aliphatic heterocycles. The van der Waals surface area contributed by atoms with Crippen LogP contribution < -0.4 is 10.1 Å². The molecule has 2 atom stereocenters. The van der Waals surface area contributed by atoms with Gasteiger partial charge in [0.2, 0.25) is 0 Å². The molecule has 0 heterocycles. The molecule has 5 nitrogen and oxygen atoms in total. The summed E-state index contributed by atoms with van der Waals surface area (Å²) in [5.41, 5.74) is 1.71. The number of carboxylic acids is 1. The van der Waals surface area contributed by atoms with Gasteiger partial charge in [0.25, 0.3) is 0 Å². The molecule has 0 amide bonds. The fourth-order valence-corrected chi connectivity index (χ4v) is 2.10. The highest BCUT2D eigenvalue weighted by Gasteiger charge is 2.23. The van der Waals surface area contributed by atoms with E-state index in [1.807, 2.05) is 39.0 Å². The molecule has 0 saturated heterocycles. The van der Waals surface area contributed by atoms with Crippen LogP contribution in [0, 0.1) is 6.92 Å². The molecule has 20 heavy (non-hydrogen) atoms. The summed E-state index contributed by atoms with van der Waals surface area (Å²) in [6.07, 6.45) is -0.186. The average molecular weight is 281 g/mol. The van der Waals surface area contributed by atoms with Gasteiger partial charge in [-0.1, -0.05) is 18.6 Å². The van der Waals surface area contributed by atoms with E-state index in [0.717, 1.165) is 5.56 Å². The Balaban J connectivity index is 2.94. The van der Waals surface area contributed by atoms with Gasteiger partial charge in [-0.15, -0.1) is 0 Å². The van der Waals surface area contributed by atoms with Crippen LogP contribution in [-0.2, 0) is 4.79 Å². The summed E-state index contributed by atoms with van der Waals surface area (Å²) in [5.74, 6) is -0.300. The molecular weight excluding hydrogens is 258 g/mol. The number of aliphatic hydroxyl groups is 1. The zero-order valence-corrected chi connectivity index (χ0v) is 12.2. The first-order valence-corrected chi connectivity index (χ1v) is 6.86. The number of aliphatic carboxylic acids is 1. The Hall–Kier alpha value is -1.59. The monoisotopic (exact) mass is 281 g/mol. The molecular formula is C15H23NO4. The Bertz CT molecular complexity index is 447. The standard InChI is InChI=1S/C15H23NO4/c1-4-12(16-9-14(17)18)15(19)11-8-10(3)6-7-13(11)20-5-2/h6-8,12,15-16,19H,4-5,9H2,1-3H3,(H,17,18). The van der Waals surface area contributed by atoms with Crippen LogP contribution in [0.1, 0.15) is 37.5 Å². The van der Waals surface area contributed by atoms with Crippen molar-refractivity contribution in [1.82, 2.24) is 5.32 Å². The lowest BCUT2D eigenvalue weighted by Gasteiger charge is -2.24. The average Bonchev–Trinajstić information content (AvgIpc) is 2.41. The Morgan fingerprint density at radius 3 is 2.65 bits per heavy atom. The van der Waals surface area contributed by atoms with E-state index >= 15 is 0 Å². The van der Waals surface area contributed by atoms with Crippen molar-refractivity contribution < 1.29 is 19.7 Å². The molecule has 0 bridgehead atoms. The number of aryl methyl sites for hydroxylation is 1. The first-order chi connectivity index (χ1) is 9.49. The maximum Gasteiger partial charge on any atom is 0.317 e. The summed E-state index contributed by atoms with van der Waals surface area (Å²) in [6, 6.07) is 5.31. The van der Waals surface area contributed by atoms with Crippen molar-refractivity contribution in [3.8, 4) is 5.75 Å². The van der Waals surface area contributed by atoms with Crippen molar-refractivity contribution in [1.29, 1.82) is 0 Å². The van der Waals surface area contributed by atoms with E-state index in [-0.39, 0.29) is 12.6 Å². The van der Waals surface area contributed by atoms with Crippen molar-refractivity contribution >= 4 is 5.97 Å². The molecule has 0 aromatic heterocycles. The highest BCUT2D eigenvalue weighted by atomic mass is 16.5. The fourth-order valence-electron chi connectivity index (χ4n) is 2.10. The quantitative estimate of drug-likeness (QED) is 0.678. The van der Waals surface area contributed by atoms with E-state index in [1.54, 1.807) is 0 Å². The molecule has 1 aromatic carbocycles. The van der Waals surface area contributed by atoms with Crippen LogP contribution >= 0.6 is 0 Å². The van der Waals surface area contributed by atoms with Crippen LogP contribution in [0.15, 0.2) is 18.2 Å². The summed E-state index contributed by atoms with van der Waals surface area (Å²) < 4.78 is 5.53. The summed E-state index contributed by atoms with van der Waals surface area (Å²) in [6.45, 7) is 6.07. The maximum absolute atomic E-state index is 10.6. The molecule has 112 valence electrons. The third-order valence-electron chi connectivity index (χ3n) is 3.12. The van der Waals surface area contributed by atoms with Crippen molar-refractivity contribution in [2.75, 3.05) is 13.2 Å². The Morgan fingerprint density at radius 1 is 1.40 bits per heavy atom. The number of aliphatic hydroxyl groups excluding tert-OH is 1. The van der Waals surface area contributed by atoms with Gasteiger partial charge in [0.05, 0.1) is 19.3 Å². The summed E-state index contributed by atoms with van der Waals surface area (Å²) in [4.78, 5) is 10.6. The van der Waals surface area contributed by atoms with Crippen LogP contribution in [0.25, 0.3) is 0 Å². The topological polar surface area (TPSA) is 78.8 Å². The van der Waals surface area contributed by atoms with Crippen molar-refractivity contribution in [3.63, 3.8) is 0 Å². The summed E-state index contributed by atoms with van der Waals surface area (Å²) >= 11 is 0. The van der Waals surface area contributed by atoms with Crippen LogP contribution in [0.2, 0.25) is 0 Å². The molecule has 0 saturated carbocycles. The van der Waals surface area contributed by atoms with Gasteiger partial charge in [0, 0.05) is 11.6 Å². The van der Waals surface area contributed by atoms with E-state index in [0.29, 0.717) is 24.3 Å². The van der Waals surface area contributed by atoms with Crippen molar-refractivity contribution in [2.24, 2.45) is 0 Å². The second-order valence-electron chi connectivity index (χ2n) is 4.71. The van der Waals surface area contributed by atoms with E-state index in [1.165, 1.54) is 0 Å². The Kier molecular flexibility index (Phi) is 6.48. The number of carboxylic acid groups (broad SMARTS) is 1. The highest BCUT2D eigenvalue weighted by Crippen LogP contribution is 2.29. The zero-order chi connectivity index (χ0) is 15.1. The number of rotatable bonds is 8. The predicted molar refractivity (Wildman–Crippen MR) is 77.0 cm³/mol. The predicted octanol–water partition coefficient (Wildman–Crippen LogP) is 1.88. The van der Waals surface area contributed by atoms with E-state index in [2.05, 4.69) is 5.32 Å². The Morgan fingerprint density at radius 2 is 2.10 bits per heavy atom. The molecule has 1 aromatic rings. The molecule has 0 aliphatic carbocycles. The second kappa shape index (κ2) is 7.87. The van der Waals surface area contributed by atoms with E-state index in [9.17, 15) is 9.90 Å². The van der Waals surface area contributed by atoms with Crippen molar-refractivity contribution in [3.05, 3.63) is 29.3 Å². The number of nitrogens with one attached hydrogen (secondary N) is 1. The largest absolute Gasteiger partial charge is 0.493 e. The van der Waals surface area contributed by atoms with Gasteiger partial charge in [-0.05, 0) is 32.4 Å². The first-order valence-electron chi connectivity index (χ1n) is 6.86. The number of hydrogen-bond acceptors (Lipinski definition) is 4. The number of hydrogen-bond donors (Lipinski definition) is 3. The number of ether oxygens (including phenoxy) is 1. The van der Waals surface area contributed by atoms with Crippen molar-refractivity contribution in [2.45, 2.75) is 39.3 Å². The van der Waals surface area contributed by atoms with Crippen LogP contribution in [-0.4, -0.2) is 35.4 Å². The van der Waals surface area contributed by atoms with E-state index < -0.39 is 12.1 Å². The fraction of sp³-hybridized carbons (Fsp3) is 0.533. The molecule has 5 heteroatoms. The highest BCUT2D eigenvalue weighted by molar-refractivity contribution is 5.69. The van der Waals surface area contributed by atoms with Crippen LogP contribution in [0.4, 0.5) is 0 Å². The lowest BCUT2D eigenvalue weighted by Crippen LogP contribution is -2.37. The molecule has 0 spiro atoms. The first kappa shape index (κ1) is 16.5. The van der Waals surface area contributed by atoms with Gasteiger partial charge in [-0.25, -0.2) is 0 Å². The minimum absolute atomic E-state index is 0.175.